The Bertz CT molecular complexity index is 576. The van der Waals surface area contributed by atoms with Crippen LogP contribution in [0.4, 0.5) is 4.39 Å². The molecular weight excluding hydrogens is 359 g/mol. The average Bonchev–Trinajstić information content (AvgIpc) is 2.33. The third-order valence-electron chi connectivity index (χ3n) is 3.17. The zero-order chi connectivity index (χ0) is 16.2. The topological polar surface area (TPSA) is 49.4 Å². The molecule has 1 rings (SSSR count). The van der Waals surface area contributed by atoms with Gasteiger partial charge < -0.3 is 4.90 Å². The summed E-state index contributed by atoms with van der Waals surface area (Å²) >= 11 is 3.11. The van der Waals surface area contributed by atoms with Crippen LogP contribution in [-0.2, 0) is 10.0 Å². The number of sulfonamides is 1. The fraction of sp³-hybridized carbons (Fsp3) is 0.571. The van der Waals surface area contributed by atoms with Gasteiger partial charge in [-0.1, -0.05) is 29.8 Å². The lowest BCUT2D eigenvalue weighted by Gasteiger charge is -2.26. The van der Waals surface area contributed by atoms with Gasteiger partial charge in [-0.25, -0.2) is 17.5 Å². The van der Waals surface area contributed by atoms with Gasteiger partial charge in [0.25, 0.3) is 0 Å². The van der Waals surface area contributed by atoms with Gasteiger partial charge in [0, 0.05) is 17.1 Å². The minimum atomic E-state index is -3.84. The molecule has 21 heavy (non-hydrogen) atoms. The van der Waals surface area contributed by atoms with Gasteiger partial charge in [0.15, 0.2) is 0 Å². The Morgan fingerprint density at radius 3 is 2.43 bits per heavy atom. The van der Waals surface area contributed by atoms with Crippen molar-refractivity contribution in [2.45, 2.75) is 31.2 Å². The fourth-order valence-corrected chi connectivity index (χ4v) is 3.46. The van der Waals surface area contributed by atoms with Crippen molar-refractivity contribution < 1.29 is 12.8 Å². The Morgan fingerprint density at radius 1 is 1.33 bits per heavy atom. The van der Waals surface area contributed by atoms with Crippen LogP contribution >= 0.6 is 15.9 Å². The molecule has 1 unspecified atom stereocenters. The minimum absolute atomic E-state index is 0.0679. The average molecular weight is 381 g/mol. The van der Waals surface area contributed by atoms with Crippen molar-refractivity contribution in [1.29, 1.82) is 0 Å². The van der Waals surface area contributed by atoms with E-state index < -0.39 is 15.8 Å². The summed E-state index contributed by atoms with van der Waals surface area (Å²) in [7, 11) is -0.0359. The Labute approximate surface area is 134 Å². The molecule has 0 aromatic heterocycles. The molecule has 0 spiro atoms. The number of halogens is 2. The highest BCUT2D eigenvalue weighted by molar-refractivity contribution is 9.10. The number of hydrogen-bond acceptors (Lipinski definition) is 3. The Hall–Kier alpha value is -0.500. The first-order chi connectivity index (χ1) is 9.63. The molecule has 4 nitrogen and oxygen atoms in total. The van der Waals surface area contributed by atoms with Crippen LogP contribution < -0.4 is 4.72 Å². The second kappa shape index (κ2) is 7.67. The molecule has 0 amide bonds. The van der Waals surface area contributed by atoms with E-state index in [0.717, 1.165) is 12.5 Å². The zero-order valence-corrected chi connectivity index (χ0v) is 15.1. The van der Waals surface area contributed by atoms with E-state index in [2.05, 4.69) is 34.5 Å². The van der Waals surface area contributed by atoms with Crippen LogP contribution in [0, 0.1) is 11.7 Å². The highest BCUT2D eigenvalue weighted by Gasteiger charge is 2.22. The zero-order valence-electron chi connectivity index (χ0n) is 12.7. The monoisotopic (exact) mass is 380 g/mol. The SMILES string of the molecule is CC(C)CC(CNS(=O)(=O)c1ccc(Br)cc1F)N(C)C. The predicted octanol–water partition coefficient (Wildman–Crippen LogP) is 2.84. The summed E-state index contributed by atoms with van der Waals surface area (Å²) in [5, 5.41) is 0. The largest absolute Gasteiger partial charge is 0.305 e. The van der Waals surface area contributed by atoms with Gasteiger partial charge in [0.2, 0.25) is 10.0 Å². The standard InChI is InChI=1S/C14H22BrFN2O2S/c1-10(2)7-12(18(3)4)9-17-21(19,20)14-6-5-11(15)8-13(14)16/h5-6,8,10,12,17H,7,9H2,1-4H3. The molecule has 0 aliphatic heterocycles. The first-order valence-corrected chi connectivity index (χ1v) is 9.02. The normalized spacial score (nSPS) is 13.9. The van der Waals surface area contributed by atoms with Crippen LogP contribution in [0.2, 0.25) is 0 Å². The Kier molecular flexibility index (Phi) is 6.77. The molecule has 0 fully saturated rings. The van der Waals surface area contributed by atoms with Gasteiger partial charge in [-0.2, -0.15) is 0 Å². The van der Waals surface area contributed by atoms with Crippen molar-refractivity contribution in [2.24, 2.45) is 5.92 Å². The first kappa shape index (κ1) is 18.5. The van der Waals surface area contributed by atoms with Crippen molar-refractivity contribution in [1.82, 2.24) is 9.62 Å². The Balaban J connectivity index is 2.84. The van der Waals surface area contributed by atoms with Crippen LogP contribution in [0.25, 0.3) is 0 Å². The lowest BCUT2D eigenvalue weighted by molar-refractivity contribution is 0.255. The number of likely N-dealkylation sites (N-methyl/N-ethyl adjacent to an activating group) is 1. The van der Waals surface area contributed by atoms with E-state index in [0.29, 0.717) is 10.4 Å². The smallest absolute Gasteiger partial charge is 0.243 e. The maximum atomic E-state index is 13.8. The highest BCUT2D eigenvalue weighted by Crippen LogP contribution is 2.19. The number of benzene rings is 1. The number of hydrogen-bond donors (Lipinski definition) is 1. The summed E-state index contributed by atoms with van der Waals surface area (Å²) < 4.78 is 41.2. The second-order valence-electron chi connectivity index (χ2n) is 5.67. The van der Waals surface area contributed by atoms with E-state index in [1.165, 1.54) is 12.1 Å². The molecule has 1 aromatic rings. The van der Waals surface area contributed by atoms with Crippen molar-refractivity contribution in [3.63, 3.8) is 0 Å². The molecule has 120 valence electrons. The van der Waals surface area contributed by atoms with Crippen LogP contribution in [0.3, 0.4) is 0 Å². The third-order valence-corrected chi connectivity index (χ3v) is 5.12. The molecule has 0 heterocycles. The van der Waals surface area contributed by atoms with Gasteiger partial charge >= 0.3 is 0 Å². The third kappa shape index (κ3) is 5.65. The van der Waals surface area contributed by atoms with Crippen molar-refractivity contribution in [3.8, 4) is 0 Å². The van der Waals surface area contributed by atoms with E-state index in [9.17, 15) is 12.8 Å². The Morgan fingerprint density at radius 2 is 1.95 bits per heavy atom. The van der Waals surface area contributed by atoms with Gasteiger partial charge in [0.1, 0.15) is 10.7 Å². The van der Waals surface area contributed by atoms with Gasteiger partial charge in [0.05, 0.1) is 0 Å². The van der Waals surface area contributed by atoms with Crippen LogP contribution in [0.1, 0.15) is 20.3 Å². The van der Waals surface area contributed by atoms with Gasteiger partial charge in [-0.3, -0.25) is 0 Å². The quantitative estimate of drug-likeness (QED) is 0.790. The maximum absolute atomic E-state index is 13.8. The van der Waals surface area contributed by atoms with E-state index in [1.54, 1.807) is 0 Å². The van der Waals surface area contributed by atoms with Gasteiger partial charge in [-0.15, -0.1) is 0 Å². The molecule has 0 saturated carbocycles. The lowest BCUT2D eigenvalue weighted by Crippen LogP contribution is -2.41. The molecule has 0 saturated heterocycles. The van der Waals surface area contributed by atoms with Gasteiger partial charge in [-0.05, 0) is 44.6 Å². The number of nitrogens with zero attached hydrogens (tertiary/aromatic N) is 1. The highest BCUT2D eigenvalue weighted by atomic mass is 79.9. The molecule has 7 heteroatoms. The van der Waals surface area contributed by atoms with Crippen molar-refractivity contribution >= 4 is 26.0 Å². The van der Waals surface area contributed by atoms with E-state index >= 15 is 0 Å². The fourth-order valence-electron chi connectivity index (χ4n) is 2.00. The summed E-state index contributed by atoms with van der Waals surface area (Å²) in [6, 6.07) is 3.98. The lowest BCUT2D eigenvalue weighted by atomic mass is 10.0. The molecule has 1 atom stereocenters. The second-order valence-corrected chi connectivity index (χ2v) is 8.32. The summed E-state index contributed by atoms with van der Waals surface area (Å²) in [5.74, 6) is -0.312. The first-order valence-electron chi connectivity index (χ1n) is 6.74. The van der Waals surface area contributed by atoms with Crippen molar-refractivity contribution in [3.05, 3.63) is 28.5 Å². The molecule has 0 radical (unpaired) electrons. The van der Waals surface area contributed by atoms with Crippen LogP contribution in [-0.4, -0.2) is 40.0 Å². The van der Waals surface area contributed by atoms with E-state index in [1.807, 2.05) is 19.0 Å². The molecular formula is C14H22BrFN2O2S. The summed E-state index contributed by atoms with van der Waals surface area (Å²) in [5.41, 5.74) is 0. The molecule has 0 aliphatic rings. The number of rotatable bonds is 7. The van der Waals surface area contributed by atoms with E-state index in [4.69, 9.17) is 0 Å². The summed E-state index contributed by atoms with van der Waals surface area (Å²) in [6.07, 6.45) is 0.859. The minimum Gasteiger partial charge on any atom is -0.305 e. The van der Waals surface area contributed by atoms with Crippen molar-refractivity contribution in [2.75, 3.05) is 20.6 Å². The predicted molar refractivity (Wildman–Crippen MR) is 86.2 cm³/mol. The molecule has 0 aliphatic carbocycles. The molecule has 0 bridgehead atoms. The maximum Gasteiger partial charge on any atom is 0.243 e. The molecule has 1 N–H and O–H groups in total. The van der Waals surface area contributed by atoms with Crippen LogP contribution in [0.15, 0.2) is 27.6 Å². The summed E-state index contributed by atoms with van der Waals surface area (Å²) in [4.78, 5) is 1.65. The molecule has 1 aromatic carbocycles. The van der Waals surface area contributed by atoms with Crippen LogP contribution in [0.5, 0.6) is 0 Å². The number of nitrogens with one attached hydrogen (secondary N) is 1. The van der Waals surface area contributed by atoms with E-state index in [-0.39, 0.29) is 17.5 Å². The summed E-state index contributed by atoms with van der Waals surface area (Å²) in [6.45, 7) is 4.42.